The molecule has 0 spiro atoms. The van der Waals surface area contributed by atoms with Crippen LogP contribution in [-0.4, -0.2) is 182 Å². The van der Waals surface area contributed by atoms with Crippen LogP contribution in [0.5, 0.6) is 0 Å². The van der Waals surface area contributed by atoms with Crippen molar-refractivity contribution in [2.75, 3.05) is 52.2 Å². The number of carbonyl (C=O) groups excluding carboxylic acids is 1. The number of nitrogens with zero attached hydrogens (tertiary/aromatic N) is 1. The van der Waals surface area contributed by atoms with Crippen molar-refractivity contribution in [3.05, 3.63) is 29.8 Å². The lowest BCUT2D eigenvalue weighted by Gasteiger charge is -2.53. The Bertz CT molecular complexity index is 1940. The molecule has 1 aromatic carbocycles. The molecule has 3 heterocycles. The third-order valence-electron chi connectivity index (χ3n) is 14.7. The molecule has 0 aromatic heterocycles. The first kappa shape index (κ1) is 60.2. The highest BCUT2D eigenvalue weighted by Gasteiger charge is 2.58. The van der Waals surface area contributed by atoms with Crippen molar-refractivity contribution >= 4 is 21.9 Å². The number of aliphatic hydroxyl groups excluding tert-OH is 2. The largest absolute Gasteiger partial charge is 0.459 e. The van der Waals surface area contributed by atoms with E-state index >= 15 is 0 Å². The van der Waals surface area contributed by atoms with E-state index < -0.39 is 130 Å². The average molecular weight is 1030 g/mol. The first-order valence-electron chi connectivity index (χ1n) is 24.1. The lowest BCUT2D eigenvalue weighted by atomic mass is 9.75. The quantitative estimate of drug-likeness (QED) is 0.0929. The van der Waals surface area contributed by atoms with Gasteiger partial charge in [0.15, 0.2) is 12.6 Å². The van der Waals surface area contributed by atoms with E-state index in [0.717, 1.165) is 28.6 Å². The Morgan fingerprint density at radius 1 is 0.957 bits per heavy atom. The molecule has 3 saturated heterocycles. The van der Waals surface area contributed by atoms with Crippen LogP contribution in [0.25, 0.3) is 0 Å². The molecule has 4 rings (SSSR count). The molecule has 18 atom stereocenters. The van der Waals surface area contributed by atoms with Gasteiger partial charge in [0, 0.05) is 58.4 Å². The zero-order chi connectivity index (χ0) is 52.9. The molecule has 0 unspecified atom stereocenters. The summed E-state index contributed by atoms with van der Waals surface area (Å²) in [7, 11) is -0.335. The van der Waals surface area contributed by atoms with E-state index in [-0.39, 0.29) is 50.4 Å². The molecule has 406 valence electrons. The maximum atomic E-state index is 14.5. The predicted octanol–water partition coefficient (Wildman–Crippen LogP) is 2.91. The standard InChI is InChI=1S/C47H81F3N4O15S/c1-14-35-45(10,59)39(56)30(6)52-24-26(2)22-43(8,58)40(69-42-37(55)34(21-27(3)65-42)54(11)70(61,62)53-33-17-15-32(16-18-33)47(48,49)50)28(4)38(29(5)41(57)67-35)68-36-23-44(9,64-13)46(60,31(7)66-36)25-51-19-20-63-12/h15-18,26-31,34-40,42,51-53,55-56,58-60H,14,19-25H2,1-13H3/t26-,27-,28+,29-,30-,31+,34+,35-,36+,37-,38+,39-,40-,42+,43-,44-,45-,46+/m1/s1. The Morgan fingerprint density at radius 3 is 2.16 bits per heavy atom. The smallest absolute Gasteiger partial charge is 0.416 e. The summed E-state index contributed by atoms with van der Waals surface area (Å²) in [4.78, 5) is 14.5. The molecular weight excluding hydrogens is 950 g/mol. The van der Waals surface area contributed by atoms with Crippen LogP contribution < -0.4 is 15.4 Å². The Balaban J connectivity index is 1.78. The fraction of sp³-hybridized carbons (Fsp3) is 0.851. The molecule has 19 nitrogen and oxygen atoms in total. The average Bonchev–Trinajstić information content (AvgIpc) is 3.28. The second-order valence-electron chi connectivity index (χ2n) is 20.4. The SMILES string of the molecule is CC[C@H]1OC(=O)[C@H](C)[C@@H](O[C@H]2C[C@@](C)(OC)[C@](O)(CNCCOC)[C@H](C)O2)[C@H](C)[C@@H](O[C@@H]2O[C@H](C)C[C@H](N(C)S(=O)(=O)Nc3ccc(C(F)(F)F)cc3)[C@H]2O)[C@](C)(O)C[C@@H](C)CN[C@H](C)[C@@H](O)[C@]1(C)O. The van der Waals surface area contributed by atoms with E-state index in [2.05, 4.69) is 15.4 Å². The fourth-order valence-electron chi connectivity index (χ4n) is 10.2. The predicted molar refractivity (Wildman–Crippen MR) is 251 cm³/mol. The van der Waals surface area contributed by atoms with Gasteiger partial charge in [-0.25, -0.2) is 0 Å². The van der Waals surface area contributed by atoms with E-state index in [0.29, 0.717) is 13.2 Å². The number of ether oxygens (including phenoxy) is 7. The van der Waals surface area contributed by atoms with Crippen LogP contribution in [0.4, 0.5) is 18.9 Å². The van der Waals surface area contributed by atoms with Gasteiger partial charge in [-0.3, -0.25) is 9.52 Å². The highest BCUT2D eigenvalue weighted by atomic mass is 32.2. The number of likely N-dealkylation sites (N-methyl/N-ethyl adjacent to an activating group) is 1. The maximum Gasteiger partial charge on any atom is 0.416 e. The highest BCUT2D eigenvalue weighted by molar-refractivity contribution is 7.90. The number of alkyl halides is 3. The minimum absolute atomic E-state index is 0.00624. The van der Waals surface area contributed by atoms with Crippen molar-refractivity contribution in [1.29, 1.82) is 0 Å². The lowest BCUT2D eigenvalue weighted by Crippen LogP contribution is -2.70. The Morgan fingerprint density at radius 2 is 1.59 bits per heavy atom. The van der Waals surface area contributed by atoms with E-state index in [9.17, 15) is 51.9 Å². The third kappa shape index (κ3) is 13.9. The van der Waals surface area contributed by atoms with Gasteiger partial charge in [-0.05, 0) is 104 Å². The van der Waals surface area contributed by atoms with Crippen molar-refractivity contribution < 1.29 is 85.1 Å². The molecule has 0 amide bonds. The van der Waals surface area contributed by atoms with Gasteiger partial charge in [-0.15, -0.1) is 0 Å². The van der Waals surface area contributed by atoms with Crippen LogP contribution in [0.15, 0.2) is 24.3 Å². The minimum atomic E-state index is -4.65. The topological polar surface area (TPSA) is 256 Å². The molecule has 0 radical (unpaired) electrons. The summed E-state index contributed by atoms with van der Waals surface area (Å²) in [6, 6.07) is 1.46. The van der Waals surface area contributed by atoms with Crippen molar-refractivity contribution in [2.45, 2.75) is 191 Å². The van der Waals surface area contributed by atoms with Crippen LogP contribution in [0.3, 0.4) is 0 Å². The highest BCUT2D eigenvalue weighted by Crippen LogP contribution is 2.43. The second-order valence-corrected chi connectivity index (χ2v) is 22.2. The molecule has 3 fully saturated rings. The van der Waals surface area contributed by atoms with Crippen LogP contribution >= 0.6 is 0 Å². The molecule has 0 aliphatic carbocycles. The summed E-state index contributed by atoms with van der Waals surface area (Å²) in [5.41, 5.74) is -7.81. The minimum Gasteiger partial charge on any atom is -0.459 e. The van der Waals surface area contributed by atoms with Crippen molar-refractivity contribution in [3.8, 4) is 0 Å². The monoisotopic (exact) mass is 1030 g/mol. The summed E-state index contributed by atoms with van der Waals surface area (Å²) in [6.07, 6.45) is -16.1. The van der Waals surface area contributed by atoms with Crippen molar-refractivity contribution in [2.24, 2.45) is 17.8 Å². The number of rotatable bonds is 15. The van der Waals surface area contributed by atoms with Gasteiger partial charge in [0.2, 0.25) is 0 Å². The molecule has 3 aliphatic heterocycles. The zero-order valence-corrected chi connectivity index (χ0v) is 43.7. The van der Waals surface area contributed by atoms with E-state index in [1.165, 1.54) is 34.9 Å². The summed E-state index contributed by atoms with van der Waals surface area (Å²) >= 11 is 0. The second kappa shape index (κ2) is 23.9. The summed E-state index contributed by atoms with van der Waals surface area (Å²) in [5, 5.41) is 66.5. The number of cyclic esters (lactones) is 1. The maximum absolute atomic E-state index is 14.5. The number of hydrogen-bond donors (Lipinski definition) is 8. The molecule has 0 saturated carbocycles. The van der Waals surface area contributed by atoms with Crippen LogP contribution in [-0.2, 0) is 54.3 Å². The third-order valence-corrected chi connectivity index (χ3v) is 16.2. The van der Waals surface area contributed by atoms with Crippen molar-refractivity contribution in [3.63, 3.8) is 0 Å². The van der Waals surface area contributed by atoms with E-state index in [1.54, 1.807) is 48.7 Å². The Kier molecular flexibility index (Phi) is 20.6. The summed E-state index contributed by atoms with van der Waals surface area (Å²) in [6.45, 7) is 17.4. The molecule has 8 N–H and O–H groups in total. The first-order chi connectivity index (χ1) is 32.3. The first-order valence-corrected chi connectivity index (χ1v) is 25.5. The molecule has 3 aliphatic rings. The number of anilines is 1. The van der Waals surface area contributed by atoms with Crippen LogP contribution in [0, 0.1) is 17.8 Å². The van der Waals surface area contributed by atoms with Gasteiger partial charge in [0.05, 0.1) is 54.1 Å². The van der Waals surface area contributed by atoms with Gasteiger partial charge in [-0.1, -0.05) is 20.8 Å². The van der Waals surface area contributed by atoms with Crippen molar-refractivity contribution in [1.82, 2.24) is 14.9 Å². The van der Waals surface area contributed by atoms with Gasteiger partial charge in [0.1, 0.15) is 35.1 Å². The summed E-state index contributed by atoms with van der Waals surface area (Å²) in [5.74, 6) is -3.46. The van der Waals surface area contributed by atoms with Gasteiger partial charge >= 0.3 is 22.4 Å². The van der Waals surface area contributed by atoms with Crippen LogP contribution in [0.2, 0.25) is 0 Å². The zero-order valence-electron chi connectivity index (χ0n) is 42.9. The van der Waals surface area contributed by atoms with Gasteiger partial charge in [0.25, 0.3) is 0 Å². The molecular formula is C47H81F3N4O15S. The number of benzene rings is 1. The number of aliphatic hydroxyl groups is 5. The number of esters is 1. The Labute approximate surface area is 411 Å². The number of hydrogen-bond acceptors (Lipinski definition) is 17. The van der Waals surface area contributed by atoms with Gasteiger partial charge in [-0.2, -0.15) is 25.9 Å². The number of carbonyl (C=O) groups is 1. The molecule has 70 heavy (non-hydrogen) atoms. The van der Waals surface area contributed by atoms with E-state index in [4.69, 9.17) is 33.2 Å². The number of methoxy groups -OCH3 is 2. The fourth-order valence-corrected chi connectivity index (χ4v) is 11.3. The van der Waals surface area contributed by atoms with E-state index in [1.807, 2.05) is 6.92 Å². The molecule has 1 aromatic rings. The number of halogens is 3. The van der Waals surface area contributed by atoms with Gasteiger partial charge < -0.3 is 69.3 Å². The summed E-state index contributed by atoms with van der Waals surface area (Å²) < 4.78 is 114. The lowest BCUT2D eigenvalue weighted by molar-refractivity contribution is -0.336. The normalized spacial score (nSPS) is 41.1. The Hall–Kier alpha value is -2.33. The number of nitrogens with one attached hydrogen (secondary N) is 3. The van der Waals surface area contributed by atoms with Crippen LogP contribution in [0.1, 0.15) is 100 Å². The molecule has 0 bridgehead atoms. The molecule has 23 heteroatoms.